The van der Waals surface area contributed by atoms with Crippen molar-refractivity contribution in [2.24, 2.45) is 0 Å². The van der Waals surface area contributed by atoms with Crippen LogP contribution in [0.15, 0.2) is 12.1 Å². The number of ether oxygens (including phenoxy) is 2. The Bertz CT molecular complexity index is 847. The third-order valence-electron chi connectivity index (χ3n) is 3.11. The Labute approximate surface area is 136 Å². The second-order valence-corrected chi connectivity index (χ2v) is 8.42. The molecule has 0 radical (unpaired) electrons. The van der Waals surface area contributed by atoms with E-state index in [4.69, 9.17) is 9.47 Å². The Hall–Kier alpha value is -1.91. The monoisotopic (exact) mass is 357 g/mol. The molecule has 0 aliphatic carbocycles. The summed E-state index contributed by atoms with van der Waals surface area (Å²) in [4.78, 5) is 16.6. The first-order valence-corrected chi connectivity index (χ1v) is 9.35. The van der Waals surface area contributed by atoms with Gasteiger partial charge in [-0.3, -0.25) is 4.79 Å². The van der Waals surface area contributed by atoms with Crippen LogP contribution >= 0.6 is 11.3 Å². The maximum absolute atomic E-state index is 12.3. The number of anilines is 1. The molecule has 8 nitrogen and oxygen atoms in total. The standard InChI is InChI=1S/C13H15N3O5S2/c1-13(2,16-23(3,18)19)11(17)15-12-14-7-4-8-9(21-6-20-8)5-10(7)22-12/h4-5,16H,6H2,1-3H3,(H,14,15,17). The second-order valence-electron chi connectivity index (χ2n) is 5.65. The number of thiazole rings is 1. The molecular formula is C13H15N3O5S2. The lowest BCUT2D eigenvalue weighted by Crippen LogP contribution is -2.51. The largest absolute Gasteiger partial charge is 0.454 e. The maximum Gasteiger partial charge on any atom is 0.246 e. The number of aromatic nitrogens is 1. The first kappa shape index (κ1) is 16.0. The minimum atomic E-state index is -3.51. The molecule has 23 heavy (non-hydrogen) atoms. The highest BCUT2D eigenvalue weighted by molar-refractivity contribution is 7.88. The molecule has 2 heterocycles. The molecule has 1 aliphatic rings. The van der Waals surface area contributed by atoms with E-state index in [1.807, 2.05) is 0 Å². The van der Waals surface area contributed by atoms with E-state index < -0.39 is 21.5 Å². The van der Waals surface area contributed by atoms with Gasteiger partial charge in [-0.15, -0.1) is 0 Å². The Morgan fingerprint density at radius 1 is 1.30 bits per heavy atom. The van der Waals surface area contributed by atoms with Gasteiger partial charge in [0.15, 0.2) is 16.6 Å². The van der Waals surface area contributed by atoms with E-state index in [0.717, 1.165) is 11.0 Å². The van der Waals surface area contributed by atoms with E-state index in [2.05, 4.69) is 15.0 Å². The third-order valence-corrected chi connectivity index (χ3v) is 4.93. The number of fused-ring (bicyclic) bond motifs is 2. The van der Waals surface area contributed by atoms with E-state index in [-0.39, 0.29) is 6.79 Å². The van der Waals surface area contributed by atoms with Crippen molar-refractivity contribution in [3.05, 3.63) is 12.1 Å². The SMILES string of the molecule is CC(C)(NS(C)(=O)=O)C(=O)Nc1nc2cc3c(cc2s1)OCO3. The zero-order chi connectivity index (χ0) is 16.8. The highest BCUT2D eigenvalue weighted by Crippen LogP contribution is 2.39. The fourth-order valence-corrected chi connectivity index (χ4v) is 4.03. The van der Waals surface area contributed by atoms with Crippen molar-refractivity contribution in [3.8, 4) is 11.5 Å². The van der Waals surface area contributed by atoms with E-state index >= 15 is 0 Å². The topological polar surface area (TPSA) is 107 Å². The summed E-state index contributed by atoms with van der Waals surface area (Å²) in [5, 5.41) is 3.00. The molecule has 1 aromatic heterocycles. The average molecular weight is 357 g/mol. The van der Waals surface area contributed by atoms with Crippen LogP contribution in [0.2, 0.25) is 0 Å². The summed E-state index contributed by atoms with van der Waals surface area (Å²) in [6.45, 7) is 3.14. The molecular weight excluding hydrogens is 342 g/mol. The van der Waals surface area contributed by atoms with Gasteiger partial charge in [0.25, 0.3) is 0 Å². The molecule has 0 spiro atoms. The Kier molecular flexibility index (Phi) is 3.69. The first-order chi connectivity index (χ1) is 10.6. The van der Waals surface area contributed by atoms with Gasteiger partial charge in [0, 0.05) is 12.1 Å². The van der Waals surface area contributed by atoms with Gasteiger partial charge in [0.1, 0.15) is 5.54 Å². The van der Waals surface area contributed by atoms with Gasteiger partial charge in [-0.05, 0) is 13.8 Å². The Morgan fingerprint density at radius 2 is 1.96 bits per heavy atom. The molecule has 0 bridgehead atoms. The average Bonchev–Trinajstić information content (AvgIpc) is 2.97. The van der Waals surface area contributed by atoms with Gasteiger partial charge in [0.2, 0.25) is 22.7 Å². The molecule has 0 saturated heterocycles. The van der Waals surface area contributed by atoms with Gasteiger partial charge in [0.05, 0.1) is 16.5 Å². The van der Waals surface area contributed by atoms with E-state index in [9.17, 15) is 13.2 Å². The zero-order valence-electron chi connectivity index (χ0n) is 12.7. The van der Waals surface area contributed by atoms with Gasteiger partial charge in [-0.1, -0.05) is 11.3 Å². The molecule has 10 heteroatoms. The van der Waals surface area contributed by atoms with Crippen molar-refractivity contribution in [1.82, 2.24) is 9.71 Å². The van der Waals surface area contributed by atoms with Crippen molar-refractivity contribution < 1.29 is 22.7 Å². The van der Waals surface area contributed by atoms with Crippen molar-refractivity contribution in [1.29, 1.82) is 0 Å². The number of carbonyl (C=O) groups excluding carboxylic acids is 1. The molecule has 1 aromatic carbocycles. The van der Waals surface area contributed by atoms with Crippen LogP contribution in [0.3, 0.4) is 0 Å². The molecule has 3 rings (SSSR count). The van der Waals surface area contributed by atoms with Crippen LogP contribution in [-0.4, -0.2) is 37.9 Å². The van der Waals surface area contributed by atoms with Gasteiger partial charge in [-0.25, -0.2) is 18.1 Å². The summed E-state index contributed by atoms with van der Waals surface area (Å²) >= 11 is 1.27. The predicted octanol–water partition coefficient (Wildman–Crippen LogP) is 1.29. The van der Waals surface area contributed by atoms with E-state index in [0.29, 0.717) is 22.1 Å². The molecule has 0 fully saturated rings. The predicted molar refractivity (Wildman–Crippen MR) is 86.4 cm³/mol. The van der Waals surface area contributed by atoms with Crippen molar-refractivity contribution >= 4 is 42.6 Å². The number of nitrogens with zero attached hydrogens (tertiary/aromatic N) is 1. The maximum atomic E-state index is 12.3. The first-order valence-electron chi connectivity index (χ1n) is 6.65. The van der Waals surface area contributed by atoms with E-state index in [1.165, 1.54) is 25.2 Å². The number of rotatable bonds is 4. The highest BCUT2D eigenvalue weighted by atomic mass is 32.2. The molecule has 0 atom stereocenters. The smallest absolute Gasteiger partial charge is 0.246 e. The van der Waals surface area contributed by atoms with Crippen LogP contribution in [-0.2, 0) is 14.8 Å². The summed E-state index contributed by atoms with van der Waals surface area (Å²) in [5.74, 6) is 0.750. The van der Waals surface area contributed by atoms with Gasteiger partial charge in [-0.2, -0.15) is 0 Å². The van der Waals surface area contributed by atoms with Crippen molar-refractivity contribution in [2.75, 3.05) is 18.4 Å². The molecule has 2 N–H and O–H groups in total. The number of nitrogens with one attached hydrogen (secondary N) is 2. The van der Waals surface area contributed by atoms with Crippen LogP contribution < -0.4 is 19.5 Å². The fraction of sp³-hybridized carbons (Fsp3) is 0.385. The summed E-state index contributed by atoms with van der Waals surface area (Å²) in [6.07, 6.45) is 1.00. The molecule has 1 aliphatic heterocycles. The molecule has 0 saturated carbocycles. The van der Waals surface area contributed by atoms with Gasteiger partial charge < -0.3 is 14.8 Å². The minimum absolute atomic E-state index is 0.182. The molecule has 124 valence electrons. The Morgan fingerprint density at radius 3 is 2.61 bits per heavy atom. The van der Waals surface area contributed by atoms with Crippen LogP contribution in [0.1, 0.15) is 13.8 Å². The number of carbonyl (C=O) groups is 1. The summed E-state index contributed by atoms with van der Waals surface area (Å²) in [7, 11) is -3.51. The fourth-order valence-electron chi connectivity index (χ4n) is 2.13. The quantitative estimate of drug-likeness (QED) is 0.854. The van der Waals surface area contributed by atoms with E-state index in [1.54, 1.807) is 12.1 Å². The number of sulfonamides is 1. The lowest BCUT2D eigenvalue weighted by Gasteiger charge is -2.22. The van der Waals surface area contributed by atoms with Crippen molar-refractivity contribution in [3.63, 3.8) is 0 Å². The lowest BCUT2D eigenvalue weighted by atomic mass is 10.1. The lowest BCUT2D eigenvalue weighted by molar-refractivity contribution is -0.120. The zero-order valence-corrected chi connectivity index (χ0v) is 14.3. The second kappa shape index (κ2) is 5.32. The Balaban J connectivity index is 1.83. The minimum Gasteiger partial charge on any atom is -0.454 e. The van der Waals surface area contributed by atoms with Crippen LogP contribution in [0.25, 0.3) is 10.2 Å². The van der Waals surface area contributed by atoms with Crippen molar-refractivity contribution in [2.45, 2.75) is 19.4 Å². The van der Waals surface area contributed by atoms with Crippen LogP contribution in [0.4, 0.5) is 5.13 Å². The summed E-state index contributed by atoms with van der Waals surface area (Å²) in [6, 6.07) is 3.54. The summed E-state index contributed by atoms with van der Waals surface area (Å²) < 4.78 is 36.4. The number of amides is 1. The normalized spacial score (nSPS) is 14.2. The van der Waals surface area contributed by atoms with Gasteiger partial charge >= 0.3 is 0 Å². The summed E-state index contributed by atoms with van der Waals surface area (Å²) in [5.41, 5.74) is -0.622. The third kappa shape index (κ3) is 3.38. The highest BCUT2D eigenvalue weighted by Gasteiger charge is 2.31. The van der Waals surface area contributed by atoms with Crippen LogP contribution in [0, 0.1) is 0 Å². The molecule has 2 aromatic rings. The number of hydrogen-bond acceptors (Lipinski definition) is 7. The molecule has 0 unspecified atom stereocenters. The number of hydrogen-bond donors (Lipinski definition) is 2. The van der Waals surface area contributed by atoms with Crippen LogP contribution in [0.5, 0.6) is 11.5 Å². The molecule has 1 amide bonds. The number of benzene rings is 1.